The fraction of sp³-hybridized carbons (Fsp3) is 0.857. The van der Waals surface area contributed by atoms with Gasteiger partial charge in [0.1, 0.15) is 0 Å². The van der Waals surface area contributed by atoms with Gasteiger partial charge in [0, 0.05) is 6.54 Å². The molecular formula is C14H29N3O2. The van der Waals surface area contributed by atoms with E-state index in [2.05, 4.69) is 11.9 Å². The summed E-state index contributed by atoms with van der Waals surface area (Å²) in [7, 11) is 0. The number of unbranched alkanes of at least 4 members (excludes halogenated alkanes) is 9. The molecule has 0 rings (SSSR count). The summed E-state index contributed by atoms with van der Waals surface area (Å²) in [5.74, 6) is -0.0107. The molecule has 1 amide bonds. The summed E-state index contributed by atoms with van der Waals surface area (Å²) >= 11 is 0. The van der Waals surface area contributed by atoms with E-state index in [9.17, 15) is 4.79 Å². The van der Waals surface area contributed by atoms with E-state index in [1.54, 1.807) is 0 Å². The van der Waals surface area contributed by atoms with Gasteiger partial charge in [0.15, 0.2) is 5.96 Å². The molecule has 5 heteroatoms. The molecule has 0 heterocycles. The summed E-state index contributed by atoms with van der Waals surface area (Å²) in [5.41, 5.74) is 5.35. The van der Waals surface area contributed by atoms with E-state index >= 15 is 0 Å². The number of nitrogens with zero attached hydrogens (tertiary/aromatic N) is 1. The summed E-state index contributed by atoms with van der Waals surface area (Å²) < 4.78 is 0. The number of nitrogens with two attached hydrogens (primary N) is 1. The lowest BCUT2D eigenvalue weighted by Gasteiger charge is -2.02. The molecule has 0 bridgehead atoms. The Balaban J connectivity index is 3.20. The Morgan fingerprint density at radius 1 is 1.00 bits per heavy atom. The number of guanidine groups is 1. The van der Waals surface area contributed by atoms with Gasteiger partial charge >= 0.3 is 6.09 Å². The Hall–Kier alpha value is -1.26. The number of carboxylic acid groups (broad SMARTS) is 1. The van der Waals surface area contributed by atoms with Gasteiger partial charge in [-0.1, -0.05) is 64.7 Å². The van der Waals surface area contributed by atoms with Gasteiger partial charge in [-0.15, -0.1) is 0 Å². The van der Waals surface area contributed by atoms with Gasteiger partial charge in [-0.3, -0.25) is 10.3 Å². The highest BCUT2D eigenvalue weighted by Crippen LogP contribution is 2.10. The fourth-order valence-corrected chi connectivity index (χ4v) is 1.95. The van der Waals surface area contributed by atoms with Crippen LogP contribution in [0.5, 0.6) is 0 Å². The molecule has 0 aromatic carbocycles. The van der Waals surface area contributed by atoms with E-state index in [-0.39, 0.29) is 5.96 Å². The van der Waals surface area contributed by atoms with Gasteiger partial charge < -0.3 is 10.8 Å². The summed E-state index contributed by atoms with van der Waals surface area (Å²) in [6.07, 6.45) is 11.6. The lowest BCUT2D eigenvalue weighted by molar-refractivity contribution is 0.200. The van der Waals surface area contributed by atoms with Gasteiger partial charge in [-0.2, -0.15) is 0 Å². The first kappa shape index (κ1) is 17.7. The minimum atomic E-state index is -1.16. The maximum absolute atomic E-state index is 10.2. The molecule has 4 N–H and O–H groups in total. The van der Waals surface area contributed by atoms with Crippen molar-refractivity contribution in [1.82, 2.24) is 5.32 Å². The predicted molar refractivity (Wildman–Crippen MR) is 79.5 cm³/mol. The number of nitrogens with one attached hydrogen (secondary N) is 1. The maximum atomic E-state index is 10.2. The zero-order valence-corrected chi connectivity index (χ0v) is 12.2. The Kier molecular flexibility index (Phi) is 12.3. The predicted octanol–water partition coefficient (Wildman–Crippen LogP) is 3.49. The minimum Gasteiger partial charge on any atom is -0.465 e. The second kappa shape index (κ2) is 13.2. The van der Waals surface area contributed by atoms with Gasteiger partial charge in [0.2, 0.25) is 0 Å². The highest BCUT2D eigenvalue weighted by molar-refractivity contribution is 5.91. The first-order valence-corrected chi connectivity index (χ1v) is 7.46. The van der Waals surface area contributed by atoms with Crippen molar-refractivity contribution in [3.05, 3.63) is 0 Å². The molecule has 0 aliphatic carbocycles. The third-order valence-electron chi connectivity index (χ3n) is 3.03. The average Bonchev–Trinajstić information content (AvgIpc) is 2.35. The standard InChI is InChI=1S/C14H29N3O2/c1-2-3-4-5-6-7-8-9-10-11-12-16-13(15)17-14(18)19/h2-12H2,1H3,(H,18,19)(H3,15,16,17). The Labute approximate surface area is 116 Å². The fourth-order valence-electron chi connectivity index (χ4n) is 1.95. The topological polar surface area (TPSA) is 87.7 Å². The van der Waals surface area contributed by atoms with Gasteiger partial charge in [0.25, 0.3) is 0 Å². The first-order chi connectivity index (χ1) is 9.16. The molecule has 0 fully saturated rings. The van der Waals surface area contributed by atoms with Crippen molar-refractivity contribution >= 4 is 12.1 Å². The number of rotatable bonds is 11. The van der Waals surface area contributed by atoms with Gasteiger partial charge in [-0.05, 0) is 6.42 Å². The van der Waals surface area contributed by atoms with Crippen molar-refractivity contribution < 1.29 is 9.90 Å². The summed E-state index contributed by atoms with van der Waals surface area (Å²) in [4.78, 5) is 14.2. The number of hydrogen-bond donors (Lipinski definition) is 3. The second-order valence-electron chi connectivity index (χ2n) is 4.88. The molecule has 0 atom stereocenters. The van der Waals surface area contributed by atoms with Crippen LogP contribution in [-0.4, -0.2) is 23.7 Å². The molecule has 0 aromatic rings. The molecule has 0 spiro atoms. The SMILES string of the molecule is CCCCCCCCCCCCN=C(N)NC(=O)O. The monoisotopic (exact) mass is 271 g/mol. The van der Waals surface area contributed by atoms with Crippen LogP contribution in [0.1, 0.15) is 71.1 Å². The largest absolute Gasteiger partial charge is 0.465 e. The van der Waals surface area contributed by atoms with Crippen molar-refractivity contribution in [2.75, 3.05) is 6.54 Å². The zero-order chi connectivity index (χ0) is 14.3. The Bertz CT molecular complexity index is 255. The molecule has 0 saturated carbocycles. The highest BCUT2D eigenvalue weighted by Gasteiger charge is 1.96. The van der Waals surface area contributed by atoms with Crippen LogP contribution in [0.2, 0.25) is 0 Å². The molecule has 112 valence electrons. The van der Waals surface area contributed by atoms with Crippen molar-refractivity contribution in [1.29, 1.82) is 0 Å². The lowest BCUT2D eigenvalue weighted by atomic mass is 10.1. The van der Waals surface area contributed by atoms with Gasteiger partial charge in [0.05, 0.1) is 0 Å². The highest BCUT2D eigenvalue weighted by atomic mass is 16.4. The normalized spacial score (nSPS) is 11.5. The number of amides is 1. The maximum Gasteiger partial charge on any atom is 0.411 e. The van der Waals surface area contributed by atoms with Crippen molar-refractivity contribution in [2.24, 2.45) is 10.7 Å². The molecule has 0 aliphatic rings. The van der Waals surface area contributed by atoms with E-state index < -0.39 is 6.09 Å². The lowest BCUT2D eigenvalue weighted by Crippen LogP contribution is -2.35. The van der Waals surface area contributed by atoms with Crippen LogP contribution >= 0.6 is 0 Å². The van der Waals surface area contributed by atoms with Crippen molar-refractivity contribution in [3.8, 4) is 0 Å². The van der Waals surface area contributed by atoms with E-state index in [1.807, 2.05) is 5.32 Å². The first-order valence-electron chi connectivity index (χ1n) is 7.46. The number of hydrogen-bond acceptors (Lipinski definition) is 2. The molecular weight excluding hydrogens is 242 g/mol. The molecule has 0 unspecified atom stereocenters. The van der Waals surface area contributed by atoms with Crippen LogP contribution in [0.4, 0.5) is 4.79 Å². The van der Waals surface area contributed by atoms with E-state index in [0.29, 0.717) is 6.54 Å². The van der Waals surface area contributed by atoms with Crippen LogP contribution in [0.25, 0.3) is 0 Å². The molecule has 5 nitrogen and oxygen atoms in total. The van der Waals surface area contributed by atoms with Gasteiger partial charge in [-0.25, -0.2) is 4.79 Å². The average molecular weight is 271 g/mol. The molecule has 19 heavy (non-hydrogen) atoms. The quantitative estimate of drug-likeness (QED) is 0.305. The summed E-state index contributed by atoms with van der Waals surface area (Å²) in [6, 6.07) is 0. The van der Waals surface area contributed by atoms with E-state index in [4.69, 9.17) is 10.8 Å². The van der Waals surface area contributed by atoms with Crippen molar-refractivity contribution in [2.45, 2.75) is 71.1 Å². The van der Waals surface area contributed by atoms with Crippen LogP contribution in [0.3, 0.4) is 0 Å². The number of aliphatic imine (C=N–C) groups is 1. The summed E-state index contributed by atoms with van der Waals surface area (Å²) in [5, 5.41) is 10.4. The summed E-state index contributed by atoms with van der Waals surface area (Å²) in [6.45, 7) is 2.84. The third-order valence-corrected chi connectivity index (χ3v) is 3.03. The van der Waals surface area contributed by atoms with Crippen LogP contribution in [0.15, 0.2) is 4.99 Å². The zero-order valence-electron chi connectivity index (χ0n) is 12.2. The Morgan fingerprint density at radius 2 is 1.47 bits per heavy atom. The van der Waals surface area contributed by atoms with E-state index in [1.165, 1.54) is 51.4 Å². The van der Waals surface area contributed by atoms with Crippen LogP contribution in [0, 0.1) is 0 Å². The number of carbonyl (C=O) groups is 1. The van der Waals surface area contributed by atoms with Crippen LogP contribution in [-0.2, 0) is 0 Å². The third kappa shape index (κ3) is 14.7. The molecule has 0 aromatic heterocycles. The van der Waals surface area contributed by atoms with Crippen LogP contribution < -0.4 is 11.1 Å². The smallest absolute Gasteiger partial charge is 0.411 e. The molecule has 0 radical (unpaired) electrons. The van der Waals surface area contributed by atoms with Crippen molar-refractivity contribution in [3.63, 3.8) is 0 Å². The molecule has 0 saturated heterocycles. The molecule has 0 aliphatic heterocycles. The second-order valence-corrected chi connectivity index (χ2v) is 4.88. The Morgan fingerprint density at radius 3 is 1.95 bits per heavy atom. The van der Waals surface area contributed by atoms with E-state index in [0.717, 1.165) is 12.8 Å². The minimum absolute atomic E-state index is 0.0107.